The molecule has 1 aliphatic carbocycles. The second-order valence-electron chi connectivity index (χ2n) is 4.39. The van der Waals surface area contributed by atoms with E-state index in [1.807, 2.05) is 6.92 Å². The number of nitrogens with zero attached hydrogens (tertiary/aromatic N) is 2. The van der Waals surface area contributed by atoms with Crippen LogP contribution in [0, 0.1) is 6.92 Å². The molecule has 1 aliphatic rings. The minimum atomic E-state index is -1.00. The molecule has 0 saturated heterocycles. The van der Waals surface area contributed by atoms with Gasteiger partial charge >= 0.3 is 5.97 Å². The van der Waals surface area contributed by atoms with E-state index < -0.39 is 5.97 Å². The molecule has 2 rings (SSSR count). The van der Waals surface area contributed by atoms with E-state index in [0.717, 1.165) is 19.4 Å². The number of carboxylic acids is 1. The van der Waals surface area contributed by atoms with Crippen LogP contribution >= 0.6 is 0 Å². The summed E-state index contributed by atoms with van der Waals surface area (Å²) in [4.78, 5) is 19.0. The molecular weight excluding hydrogens is 234 g/mol. The predicted molar refractivity (Wildman–Crippen MR) is 65.8 cm³/mol. The van der Waals surface area contributed by atoms with E-state index in [0.29, 0.717) is 23.8 Å². The van der Waals surface area contributed by atoms with Crippen molar-refractivity contribution in [3.63, 3.8) is 0 Å². The fourth-order valence-corrected chi connectivity index (χ4v) is 1.98. The van der Waals surface area contributed by atoms with Gasteiger partial charge in [-0.2, -0.15) is 0 Å². The Labute approximate surface area is 105 Å². The van der Waals surface area contributed by atoms with Crippen molar-refractivity contribution >= 4 is 11.9 Å². The van der Waals surface area contributed by atoms with Crippen LogP contribution in [0.4, 0.5) is 5.95 Å². The summed E-state index contributed by atoms with van der Waals surface area (Å²) in [5.41, 5.74) is 0.613. The molecule has 0 radical (unpaired) electrons. The van der Waals surface area contributed by atoms with E-state index in [-0.39, 0.29) is 5.56 Å². The third kappa shape index (κ3) is 2.76. The third-order valence-electron chi connectivity index (χ3n) is 3.04. The van der Waals surface area contributed by atoms with Crippen molar-refractivity contribution in [2.75, 3.05) is 11.9 Å². The van der Waals surface area contributed by atoms with Crippen LogP contribution in [0.15, 0.2) is 6.20 Å². The van der Waals surface area contributed by atoms with Crippen LogP contribution < -0.4 is 5.32 Å². The first-order valence-electron chi connectivity index (χ1n) is 6.05. The van der Waals surface area contributed by atoms with Gasteiger partial charge in [0, 0.05) is 18.8 Å². The number of nitrogens with one attached hydrogen (secondary N) is 1. The van der Waals surface area contributed by atoms with Gasteiger partial charge in [0.25, 0.3) is 0 Å². The van der Waals surface area contributed by atoms with Gasteiger partial charge in [0.05, 0.1) is 17.4 Å². The molecule has 1 fully saturated rings. The predicted octanol–water partition coefficient (Wildman–Crippen LogP) is 1.46. The Hall–Kier alpha value is -1.69. The van der Waals surface area contributed by atoms with Crippen molar-refractivity contribution in [1.29, 1.82) is 0 Å². The van der Waals surface area contributed by atoms with Gasteiger partial charge < -0.3 is 15.2 Å². The maximum atomic E-state index is 10.8. The molecule has 0 aromatic carbocycles. The summed E-state index contributed by atoms with van der Waals surface area (Å²) >= 11 is 0. The molecule has 0 aliphatic heterocycles. The van der Waals surface area contributed by atoms with E-state index >= 15 is 0 Å². The molecule has 0 unspecified atom stereocenters. The molecule has 98 valence electrons. The number of ether oxygens (including phenoxy) is 1. The smallest absolute Gasteiger partial charge is 0.339 e. The largest absolute Gasteiger partial charge is 0.478 e. The van der Waals surface area contributed by atoms with Crippen LogP contribution in [0.3, 0.4) is 0 Å². The van der Waals surface area contributed by atoms with Gasteiger partial charge in [-0.05, 0) is 26.7 Å². The summed E-state index contributed by atoms with van der Waals surface area (Å²) in [6.45, 7) is 4.39. The molecule has 6 heteroatoms. The van der Waals surface area contributed by atoms with Crippen LogP contribution in [-0.4, -0.2) is 39.8 Å². The molecule has 0 atom stereocenters. The van der Waals surface area contributed by atoms with E-state index in [9.17, 15) is 4.79 Å². The zero-order valence-corrected chi connectivity index (χ0v) is 10.5. The SMILES string of the molecule is CCOC1CC(Nc2ncc(C(=O)O)c(C)n2)C1. The number of hydrogen-bond donors (Lipinski definition) is 2. The molecule has 0 bridgehead atoms. The fourth-order valence-electron chi connectivity index (χ4n) is 1.98. The first kappa shape index (κ1) is 12.8. The summed E-state index contributed by atoms with van der Waals surface area (Å²) in [5, 5.41) is 12.1. The van der Waals surface area contributed by atoms with E-state index in [1.54, 1.807) is 6.92 Å². The Bertz CT molecular complexity index is 444. The van der Waals surface area contributed by atoms with Gasteiger partial charge in [0.1, 0.15) is 0 Å². The van der Waals surface area contributed by atoms with Crippen molar-refractivity contribution in [3.8, 4) is 0 Å². The molecule has 18 heavy (non-hydrogen) atoms. The number of carboxylic acid groups (broad SMARTS) is 1. The van der Waals surface area contributed by atoms with Crippen LogP contribution in [0.2, 0.25) is 0 Å². The molecule has 1 aromatic rings. The zero-order valence-electron chi connectivity index (χ0n) is 10.5. The lowest BCUT2D eigenvalue weighted by atomic mass is 9.89. The van der Waals surface area contributed by atoms with Gasteiger partial charge in [0.2, 0.25) is 5.95 Å². The third-order valence-corrected chi connectivity index (χ3v) is 3.04. The second-order valence-corrected chi connectivity index (χ2v) is 4.39. The van der Waals surface area contributed by atoms with Crippen LogP contribution in [-0.2, 0) is 4.74 Å². The number of carbonyl (C=O) groups is 1. The highest BCUT2D eigenvalue weighted by Gasteiger charge is 2.30. The van der Waals surface area contributed by atoms with Crippen molar-refractivity contribution in [2.45, 2.75) is 38.8 Å². The Kier molecular flexibility index (Phi) is 3.76. The lowest BCUT2D eigenvalue weighted by molar-refractivity contribution is 0.00285. The number of aromatic carboxylic acids is 1. The summed E-state index contributed by atoms with van der Waals surface area (Å²) in [6, 6.07) is 0.316. The Balaban J connectivity index is 1.92. The van der Waals surface area contributed by atoms with Crippen molar-refractivity contribution < 1.29 is 14.6 Å². The number of aromatic nitrogens is 2. The standard InChI is InChI=1S/C12H17N3O3/c1-3-18-9-4-8(5-9)15-12-13-6-10(11(16)17)7(2)14-12/h6,8-9H,3-5H2,1-2H3,(H,16,17)(H,13,14,15). The molecule has 0 spiro atoms. The van der Waals surface area contributed by atoms with Crippen LogP contribution in [0.25, 0.3) is 0 Å². The minimum absolute atomic E-state index is 0.140. The maximum Gasteiger partial charge on any atom is 0.339 e. The van der Waals surface area contributed by atoms with Crippen molar-refractivity contribution in [1.82, 2.24) is 9.97 Å². The maximum absolute atomic E-state index is 10.8. The Morgan fingerprint density at radius 3 is 2.89 bits per heavy atom. The number of anilines is 1. The van der Waals surface area contributed by atoms with Gasteiger partial charge in [-0.25, -0.2) is 14.8 Å². The highest BCUT2D eigenvalue weighted by molar-refractivity contribution is 5.88. The topological polar surface area (TPSA) is 84.3 Å². The molecular formula is C12H17N3O3. The normalized spacial score (nSPS) is 22.3. The molecule has 0 amide bonds. The number of aryl methyl sites for hydroxylation is 1. The van der Waals surface area contributed by atoms with E-state index in [4.69, 9.17) is 9.84 Å². The van der Waals surface area contributed by atoms with Crippen molar-refractivity contribution in [3.05, 3.63) is 17.5 Å². The molecule has 6 nitrogen and oxygen atoms in total. The second kappa shape index (κ2) is 5.30. The first-order chi connectivity index (χ1) is 8.60. The summed E-state index contributed by atoms with van der Waals surface area (Å²) in [6.07, 6.45) is 3.55. The lowest BCUT2D eigenvalue weighted by Gasteiger charge is -2.35. The van der Waals surface area contributed by atoms with Gasteiger partial charge in [-0.15, -0.1) is 0 Å². The van der Waals surface area contributed by atoms with E-state index in [2.05, 4.69) is 15.3 Å². The number of hydrogen-bond acceptors (Lipinski definition) is 5. The van der Waals surface area contributed by atoms with Crippen LogP contribution in [0.1, 0.15) is 35.8 Å². The molecule has 1 aromatic heterocycles. The summed E-state index contributed by atoms with van der Waals surface area (Å²) in [5.74, 6) is -0.517. The van der Waals surface area contributed by atoms with Gasteiger partial charge in [-0.3, -0.25) is 0 Å². The highest BCUT2D eigenvalue weighted by atomic mass is 16.5. The summed E-state index contributed by atoms with van der Waals surface area (Å²) < 4.78 is 5.46. The van der Waals surface area contributed by atoms with Gasteiger partial charge in [-0.1, -0.05) is 0 Å². The molecule has 1 heterocycles. The quantitative estimate of drug-likeness (QED) is 0.824. The zero-order chi connectivity index (χ0) is 13.1. The number of rotatable bonds is 5. The fraction of sp³-hybridized carbons (Fsp3) is 0.583. The Morgan fingerprint density at radius 1 is 1.61 bits per heavy atom. The highest BCUT2D eigenvalue weighted by Crippen LogP contribution is 2.25. The van der Waals surface area contributed by atoms with Crippen molar-refractivity contribution in [2.24, 2.45) is 0 Å². The Morgan fingerprint density at radius 2 is 2.33 bits per heavy atom. The average molecular weight is 251 g/mol. The first-order valence-corrected chi connectivity index (χ1v) is 6.05. The summed E-state index contributed by atoms with van der Waals surface area (Å²) in [7, 11) is 0. The van der Waals surface area contributed by atoms with Gasteiger partial charge in [0.15, 0.2) is 0 Å². The molecule has 2 N–H and O–H groups in total. The van der Waals surface area contributed by atoms with E-state index in [1.165, 1.54) is 6.20 Å². The average Bonchev–Trinajstić information content (AvgIpc) is 2.26. The lowest BCUT2D eigenvalue weighted by Crippen LogP contribution is -2.41. The molecule has 1 saturated carbocycles. The van der Waals surface area contributed by atoms with Crippen LogP contribution in [0.5, 0.6) is 0 Å². The minimum Gasteiger partial charge on any atom is -0.478 e. The monoisotopic (exact) mass is 251 g/mol.